The van der Waals surface area contributed by atoms with E-state index in [2.05, 4.69) is 21.3 Å². The zero-order chi connectivity index (χ0) is 36.8. The molecular weight excluding hydrogens is 668 g/mol. The summed E-state index contributed by atoms with van der Waals surface area (Å²) >= 11 is 0. The highest BCUT2D eigenvalue weighted by Gasteiger charge is 2.13. The number of carbonyl (C=O) groups is 4. The fourth-order valence-corrected chi connectivity index (χ4v) is 3.38. The molecule has 0 aromatic heterocycles. The van der Waals surface area contributed by atoms with Crippen LogP contribution in [-0.4, -0.2) is 196 Å². The average molecular weight is 729 g/mol. The van der Waals surface area contributed by atoms with Gasteiger partial charge in [0.25, 0.3) is 0 Å². The summed E-state index contributed by atoms with van der Waals surface area (Å²) in [7, 11) is 4.70. The Hall–Kier alpha value is -2.56. The summed E-state index contributed by atoms with van der Waals surface area (Å²) in [6.45, 7) is 5.65. The second kappa shape index (κ2) is 37.7. The number of nitrogens with one attached hydrogen (secondary N) is 4. The van der Waals surface area contributed by atoms with Gasteiger partial charge in [0.1, 0.15) is 25.9 Å². The first kappa shape index (κ1) is 47.4. The van der Waals surface area contributed by atoms with E-state index in [0.29, 0.717) is 65.9 Å². The summed E-state index contributed by atoms with van der Waals surface area (Å²) < 4.78 is 58.6. The number of methoxy groups -OCH3 is 2. The van der Waals surface area contributed by atoms with Gasteiger partial charge in [-0.05, 0) is 0 Å². The Morgan fingerprint density at radius 2 is 0.820 bits per heavy atom. The Morgan fingerprint density at radius 1 is 0.440 bits per heavy atom. The minimum Gasteiger partial charge on any atom is -0.382 e. The van der Waals surface area contributed by atoms with Crippen LogP contribution in [-0.2, 0) is 71.3 Å². The number of amides is 4. The van der Waals surface area contributed by atoms with Crippen LogP contribution in [0.25, 0.3) is 0 Å². The number of hydrogen-bond donors (Lipinski definition) is 4. The summed E-state index contributed by atoms with van der Waals surface area (Å²) in [4.78, 5) is 47.0. The van der Waals surface area contributed by atoms with Crippen molar-refractivity contribution in [1.29, 1.82) is 0 Å². The highest BCUT2D eigenvalue weighted by atomic mass is 16.6. The molecule has 0 saturated carbocycles. The molecule has 4 N–H and O–H groups in total. The van der Waals surface area contributed by atoms with Crippen LogP contribution >= 0.6 is 0 Å². The molecule has 19 heteroatoms. The zero-order valence-corrected chi connectivity index (χ0v) is 30.0. The lowest BCUT2D eigenvalue weighted by Gasteiger charge is -2.18. The molecule has 0 bridgehead atoms. The highest BCUT2D eigenvalue weighted by Crippen LogP contribution is 1.97. The van der Waals surface area contributed by atoms with Gasteiger partial charge in [0.05, 0.1) is 106 Å². The molecule has 294 valence electrons. The smallest absolute Gasteiger partial charge is 0.246 e. The van der Waals surface area contributed by atoms with E-state index in [4.69, 9.17) is 52.1 Å². The van der Waals surface area contributed by atoms with Gasteiger partial charge in [0.15, 0.2) is 0 Å². The topological polar surface area (TPSA) is 218 Å². The van der Waals surface area contributed by atoms with Crippen LogP contribution in [0.4, 0.5) is 0 Å². The van der Waals surface area contributed by atoms with Gasteiger partial charge in [-0.2, -0.15) is 0 Å². The summed E-state index contributed by atoms with van der Waals surface area (Å²) in [5.74, 6) is -1.08. The maximum atomic E-state index is 12.1. The van der Waals surface area contributed by atoms with E-state index in [1.165, 1.54) is 7.05 Å². The van der Waals surface area contributed by atoms with E-state index in [1.54, 1.807) is 14.2 Å². The first-order chi connectivity index (χ1) is 24.4. The Kier molecular flexibility index (Phi) is 35.8. The van der Waals surface area contributed by atoms with Crippen molar-refractivity contribution in [2.45, 2.75) is 12.5 Å². The number of carbonyl (C=O) groups excluding carboxylic acids is 4. The van der Waals surface area contributed by atoms with Crippen LogP contribution in [0, 0.1) is 0 Å². The molecule has 0 aromatic carbocycles. The molecule has 19 nitrogen and oxygen atoms in total. The van der Waals surface area contributed by atoms with Gasteiger partial charge in [0, 0.05) is 47.3 Å². The normalized spacial score (nSPS) is 11.1. The zero-order valence-electron chi connectivity index (χ0n) is 30.0. The van der Waals surface area contributed by atoms with Crippen LogP contribution in [0.1, 0.15) is 6.42 Å². The minimum absolute atomic E-state index is 0.0694. The Balaban J connectivity index is 4.11. The third-order valence-corrected chi connectivity index (χ3v) is 5.97. The standard InChI is InChI=1S/C31H60N4O15/c1-32-28(36)4-5-33-31(39)26-50-27(22-46-18-14-42-8-6-34-29(37)24-48-20-16-44-12-10-40-2)23-47-19-15-43-9-7-35-30(38)25-49-21-17-45-13-11-41-3/h27H,4-26H2,1-3H3,(H,32,36)(H,33,39)(H,34,37)(H,35,38). The molecule has 0 saturated heterocycles. The van der Waals surface area contributed by atoms with Crippen molar-refractivity contribution in [2.75, 3.05) is 166 Å². The lowest BCUT2D eigenvalue weighted by Crippen LogP contribution is -2.35. The fourth-order valence-electron chi connectivity index (χ4n) is 3.38. The quantitative estimate of drug-likeness (QED) is 0.0475. The lowest BCUT2D eigenvalue weighted by molar-refractivity contribution is -0.132. The molecule has 0 spiro atoms. The highest BCUT2D eigenvalue weighted by molar-refractivity contribution is 5.79. The molecule has 0 atom stereocenters. The van der Waals surface area contributed by atoms with Gasteiger partial charge in [-0.1, -0.05) is 0 Å². The summed E-state index contributed by atoms with van der Waals surface area (Å²) in [6, 6.07) is 0. The maximum Gasteiger partial charge on any atom is 0.246 e. The van der Waals surface area contributed by atoms with Crippen molar-refractivity contribution in [3.63, 3.8) is 0 Å². The Morgan fingerprint density at radius 3 is 1.28 bits per heavy atom. The van der Waals surface area contributed by atoms with Crippen molar-refractivity contribution in [2.24, 2.45) is 0 Å². The van der Waals surface area contributed by atoms with Crippen LogP contribution in [0.5, 0.6) is 0 Å². The summed E-state index contributed by atoms with van der Waals surface area (Å²) in [5, 5.41) is 10.5. The second-order valence-electron chi connectivity index (χ2n) is 10.1. The van der Waals surface area contributed by atoms with Gasteiger partial charge >= 0.3 is 0 Å². The molecule has 0 radical (unpaired) electrons. The monoisotopic (exact) mass is 728 g/mol. The molecular formula is C31H60N4O15. The number of rotatable bonds is 38. The van der Waals surface area contributed by atoms with E-state index >= 15 is 0 Å². The minimum atomic E-state index is -0.561. The van der Waals surface area contributed by atoms with Gasteiger partial charge in [-0.15, -0.1) is 0 Å². The molecule has 0 heterocycles. The van der Waals surface area contributed by atoms with E-state index in [9.17, 15) is 19.2 Å². The largest absolute Gasteiger partial charge is 0.382 e. The van der Waals surface area contributed by atoms with Crippen molar-refractivity contribution in [3.05, 3.63) is 0 Å². The average Bonchev–Trinajstić information content (AvgIpc) is 3.11. The predicted molar refractivity (Wildman–Crippen MR) is 178 cm³/mol. The van der Waals surface area contributed by atoms with Gasteiger partial charge in [-0.25, -0.2) is 0 Å². The van der Waals surface area contributed by atoms with Crippen LogP contribution in [0.3, 0.4) is 0 Å². The van der Waals surface area contributed by atoms with Crippen LogP contribution in [0.15, 0.2) is 0 Å². The predicted octanol–water partition coefficient (Wildman–Crippen LogP) is -2.72. The molecule has 0 rings (SSSR count). The fraction of sp³-hybridized carbons (Fsp3) is 0.871. The molecule has 0 aliphatic carbocycles. The first-order valence-electron chi connectivity index (χ1n) is 16.6. The van der Waals surface area contributed by atoms with Gasteiger partial charge in [0.2, 0.25) is 23.6 Å². The van der Waals surface area contributed by atoms with Crippen LogP contribution < -0.4 is 21.3 Å². The molecule has 0 aromatic rings. The Labute approximate surface area is 295 Å². The van der Waals surface area contributed by atoms with Gasteiger partial charge < -0.3 is 73.4 Å². The maximum absolute atomic E-state index is 12.1. The third kappa shape index (κ3) is 35.3. The molecule has 0 aliphatic heterocycles. The Bertz CT molecular complexity index is 783. The summed E-state index contributed by atoms with van der Waals surface area (Å²) in [5.41, 5.74) is 0. The van der Waals surface area contributed by atoms with E-state index in [0.717, 1.165) is 0 Å². The van der Waals surface area contributed by atoms with Crippen LogP contribution in [0.2, 0.25) is 0 Å². The lowest BCUT2D eigenvalue weighted by atomic mass is 10.4. The summed E-state index contributed by atoms with van der Waals surface area (Å²) in [6.07, 6.45) is -0.405. The van der Waals surface area contributed by atoms with Crippen molar-refractivity contribution >= 4 is 23.6 Å². The number of hydrogen-bond acceptors (Lipinski definition) is 15. The van der Waals surface area contributed by atoms with E-state index in [1.807, 2.05) is 0 Å². The molecule has 0 aliphatic rings. The number of ether oxygens (including phenoxy) is 11. The molecule has 4 amide bonds. The molecule has 0 fully saturated rings. The van der Waals surface area contributed by atoms with Crippen molar-refractivity contribution < 1.29 is 71.3 Å². The van der Waals surface area contributed by atoms with E-state index in [-0.39, 0.29) is 109 Å². The first-order valence-corrected chi connectivity index (χ1v) is 16.6. The third-order valence-electron chi connectivity index (χ3n) is 5.97. The second-order valence-corrected chi connectivity index (χ2v) is 10.1. The molecule has 0 unspecified atom stereocenters. The van der Waals surface area contributed by atoms with Gasteiger partial charge in [-0.3, -0.25) is 19.2 Å². The SMILES string of the molecule is CNC(=O)CCNC(=O)COC(COCCOCCNC(=O)COCCOCCOC)COCCOCCNC(=O)COCCOCCOC. The van der Waals surface area contributed by atoms with Crippen molar-refractivity contribution in [3.8, 4) is 0 Å². The molecule has 50 heavy (non-hydrogen) atoms. The van der Waals surface area contributed by atoms with E-state index < -0.39 is 6.10 Å². The van der Waals surface area contributed by atoms with Crippen molar-refractivity contribution in [1.82, 2.24) is 21.3 Å².